The summed E-state index contributed by atoms with van der Waals surface area (Å²) in [6.45, 7) is 7.26. The van der Waals surface area contributed by atoms with E-state index < -0.39 is 0 Å². The van der Waals surface area contributed by atoms with Crippen molar-refractivity contribution in [2.45, 2.75) is 109 Å². The first kappa shape index (κ1) is 21.0. The Morgan fingerprint density at radius 2 is 1.35 bits per heavy atom. The molecule has 138 valence electrons. The van der Waals surface area contributed by atoms with Crippen molar-refractivity contribution >= 4 is 0 Å². The molecule has 1 heterocycles. The van der Waals surface area contributed by atoms with Gasteiger partial charge in [0.15, 0.2) is 0 Å². The molecular weight excluding hydrogens is 280 g/mol. The Kier molecular flexibility index (Phi) is 12.1. The van der Waals surface area contributed by atoms with Crippen LogP contribution in [0.3, 0.4) is 0 Å². The van der Waals surface area contributed by atoms with Gasteiger partial charge in [-0.25, -0.2) is 0 Å². The van der Waals surface area contributed by atoms with Crippen LogP contribution in [0, 0.1) is 0 Å². The Bertz CT molecular complexity index is 251. The number of likely N-dealkylation sites (tertiary alicyclic amines) is 1. The van der Waals surface area contributed by atoms with Crippen molar-refractivity contribution in [1.82, 2.24) is 9.80 Å². The third-order valence-corrected chi connectivity index (χ3v) is 5.72. The van der Waals surface area contributed by atoms with E-state index in [9.17, 15) is 0 Å². The third-order valence-electron chi connectivity index (χ3n) is 5.72. The monoisotopic (exact) mass is 324 g/mol. The number of hydrogen-bond donors (Lipinski definition) is 0. The minimum atomic E-state index is 0.790. The van der Waals surface area contributed by atoms with E-state index in [0.29, 0.717) is 0 Å². The average Bonchev–Trinajstić information content (AvgIpc) is 3.02. The molecule has 1 aliphatic heterocycles. The first-order valence-corrected chi connectivity index (χ1v) is 10.6. The highest BCUT2D eigenvalue weighted by molar-refractivity contribution is 4.85. The van der Waals surface area contributed by atoms with E-state index in [1.54, 1.807) is 0 Å². The van der Waals surface area contributed by atoms with Crippen LogP contribution in [0.15, 0.2) is 0 Å². The van der Waals surface area contributed by atoms with E-state index in [1.807, 2.05) is 0 Å². The van der Waals surface area contributed by atoms with Gasteiger partial charge in [0.2, 0.25) is 0 Å². The van der Waals surface area contributed by atoms with Gasteiger partial charge in [-0.05, 0) is 33.4 Å². The van der Waals surface area contributed by atoms with E-state index in [0.717, 1.165) is 12.1 Å². The van der Waals surface area contributed by atoms with Crippen LogP contribution < -0.4 is 0 Å². The van der Waals surface area contributed by atoms with Crippen LogP contribution in [0.4, 0.5) is 0 Å². The second kappa shape index (κ2) is 13.2. The molecule has 0 saturated carbocycles. The first-order chi connectivity index (χ1) is 11.2. The molecular formula is C21H44N2. The standard InChI is InChI=1S/C21H44N2/c1-5-7-9-11-13-15-20(16-14-12-10-8-6-2)23-18-17-21(19-23)22(3)4/h20-21H,5-19H2,1-4H3/t21-/m1/s1. The SMILES string of the molecule is CCCCCCCC(CCCCCCC)N1CC[C@@H](N(C)C)C1. The molecule has 2 nitrogen and oxygen atoms in total. The number of nitrogens with zero attached hydrogens (tertiary/aromatic N) is 2. The molecule has 0 radical (unpaired) electrons. The predicted molar refractivity (Wildman–Crippen MR) is 104 cm³/mol. The van der Waals surface area contributed by atoms with Crippen molar-refractivity contribution in [2.75, 3.05) is 27.2 Å². The van der Waals surface area contributed by atoms with Gasteiger partial charge in [0.05, 0.1) is 0 Å². The lowest BCUT2D eigenvalue weighted by Gasteiger charge is -2.29. The molecule has 0 amide bonds. The van der Waals surface area contributed by atoms with Gasteiger partial charge in [0.1, 0.15) is 0 Å². The Morgan fingerprint density at radius 3 is 1.78 bits per heavy atom. The fourth-order valence-corrected chi connectivity index (χ4v) is 4.00. The summed E-state index contributed by atoms with van der Waals surface area (Å²) < 4.78 is 0. The van der Waals surface area contributed by atoms with Crippen LogP contribution in [0.25, 0.3) is 0 Å². The number of unbranched alkanes of at least 4 members (excludes halogenated alkanes) is 8. The first-order valence-electron chi connectivity index (χ1n) is 10.6. The van der Waals surface area contributed by atoms with Gasteiger partial charge in [-0.1, -0.05) is 78.1 Å². The molecule has 23 heavy (non-hydrogen) atoms. The molecule has 1 rings (SSSR count). The van der Waals surface area contributed by atoms with Crippen molar-refractivity contribution in [3.05, 3.63) is 0 Å². The normalized spacial score (nSPS) is 19.3. The third kappa shape index (κ3) is 9.10. The quantitative estimate of drug-likeness (QED) is 0.377. The van der Waals surface area contributed by atoms with Gasteiger partial charge < -0.3 is 4.90 Å². The van der Waals surface area contributed by atoms with Gasteiger partial charge in [-0.2, -0.15) is 0 Å². The lowest BCUT2D eigenvalue weighted by atomic mass is 9.99. The summed E-state index contributed by atoms with van der Waals surface area (Å²) in [7, 11) is 4.50. The van der Waals surface area contributed by atoms with Crippen molar-refractivity contribution in [3.8, 4) is 0 Å². The Balaban J connectivity index is 2.32. The zero-order valence-electron chi connectivity index (χ0n) is 16.7. The zero-order chi connectivity index (χ0) is 16.9. The van der Waals surface area contributed by atoms with E-state index in [-0.39, 0.29) is 0 Å². The molecule has 0 bridgehead atoms. The molecule has 0 aromatic carbocycles. The van der Waals surface area contributed by atoms with Crippen molar-refractivity contribution in [1.29, 1.82) is 0 Å². The van der Waals surface area contributed by atoms with Gasteiger partial charge in [-0.3, -0.25) is 4.90 Å². The minimum absolute atomic E-state index is 0.790. The van der Waals surface area contributed by atoms with E-state index >= 15 is 0 Å². The van der Waals surface area contributed by atoms with E-state index in [4.69, 9.17) is 0 Å². The fourth-order valence-electron chi connectivity index (χ4n) is 4.00. The molecule has 0 aromatic rings. The van der Waals surface area contributed by atoms with Crippen molar-refractivity contribution < 1.29 is 0 Å². The molecule has 1 fully saturated rings. The topological polar surface area (TPSA) is 6.48 Å². The summed E-state index contributed by atoms with van der Waals surface area (Å²) >= 11 is 0. The van der Waals surface area contributed by atoms with Crippen LogP contribution in [0.1, 0.15) is 97.3 Å². The molecule has 1 saturated heterocycles. The Morgan fingerprint density at radius 1 is 0.826 bits per heavy atom. The lowest BCUT2D eigenvalue weighted by Crippen LogP contribution is -2.37. The van der Waals surface area contributed by atoms with Crippen LogP contribution in [-0.4, -0.2) is 49.1 Å². The van der Waals surface area contributed by atoms with Crippen LogP contribution in [0.2, 0.25) is 0 Å². The largest absolute Gasteiger partial charge is 0.305 e. The highest BCUT2D eigenvalue weighted by Crippen LogP contribution is 2.23. The maximum atomic E-state index is 2.82. The summed E-state index contributed by atoms with van der Waals surface area (Å²) in [6.07, 6.45) is 18.5. The van der Waals surface area contributed by atoms with E-state index in [1.165, 1.54) is 96.6 Å². The average molecular weight is 325 g/mol. The van der Waals surface area contributed by atoms with E-state index in [2.05, 4.69) is 37.7 Å². The molecule has 2 heteroatoms. The molecule has 1 atom stereocenters. The number of likely N-dealkylation sites (N-methyl/N-ethyl adjacent to an activating group) is 1. The number of hydrogen-bond acceptors (Lipinski definition) is 2. The minimum Gasteiger partial charge on any atom is -0.305 e. The maximum absolute atomic E-state index is 2.82. The summed E-state index contributed by atoms with van der Waals surface area (Å²) in [5.41, 5.74) is 0. The molecule has 0 unspecified atom stereocenters. The molecule has 0 aromatic heterocycles. The predicted octanol–water partition coefficient (Wildman–Crippen LogP) is 5.71. The van der Waals surface area contributed by atoms with Gasteiger partial charge in [0.25, 0.3) is 0 Å². The maximum Gasteiger partial charge on any atom is 0.0229 e. The van der Waals surface area contributed by atoms with Crippen LogP contribution in [-0.2, 0) is 0 Å². The van der Waals surface area contributed by atoms with Crippen molar-refractivity contribution in [3.63, 3.8) is 0 Å². The Hall–Kier alpha value is -0.0800. The Labute approximate surface area is 147 Å². The second-order valence-corrected chi connectivity index (χ2v) is 7.96. The van der Waals surface area contributed by atoms with Gasteiger partial charge in [0, 0.05) is 25.2 Å². The molecule has 0 aliphatic carbocycles. The molecule has 0 N–H and O–H groups in total. The van der Waals surface area contributed by atoms with Crippen LogP contribution >= 0.6 is 0 Å². The van der Waals surface area contributed by atoms with Crippen LogP contribution in [0.5, 0.6) is 0 Å². The summed E-state index contributed by atoms with van der Waals surface area (Å²) in [5.74, 6) is 0. The summed E-state index contributed by atoms with van der Waals surface area (Å²) in [4.78, 5) is 5.25. The van der Waals surface area contributed by atoms with Gasteiger partial charge >= 0.3 is 0 Å². The van der Waals surface area contributed by atoms with Gasteiger partial charge in [-0.15, -0.1) is 0 Å². The summed E-state index contributed by atoms with van der Waals surface area (Å²) in [5, 5.41) is 0. The smallest absolute Gasteiger partial charge is 0.0229 e. The molecule has 0 spiro atoms. The molecule has 1 aliphatic rings. The van der Waals surface area contributed by atoms with Crippen molar-refractivity contribution in [2.24, 2.45) is 0 Å². The highest BCUT2D eigenvalue weighted by atomic mass is 15.2. The lowest BCUT2D eigenvalue weighted by molar-refractivity contribution is 0.190. The zero-order valence-corrected chi connectivity index (χ0v) is 16.7. The number of rotatable bonds is 14. The fraction of sp³-hybridized carbons (Fsp3) is 1.00. The highest BCUT2D eigenvalue weighted by Gasteiger charge is 2.28. The second-order valence-electron chi connectivity index (χ2n) is 7.96. The summed E-state index contributed by atoms with van der Waals surface area (Å²) in [6, 6.07) is 1.65.